The van der Waals surface area contributed by atoms with Gasteiger partial charge in [0.15, 0.2) is 0 Å². The minimum Gasteiger partial charge on any atom is -0.381 e. The minimum absolute atomic E-state index is 0.288. The molecule has 0 aromatic carbocycles. The third kappa shape index (κ3) is 4.30. The van der Waals surface area contributed by atoms with Crippen molar-refractivity contribution in [2.45, 2.75) is 44.8 Å². The fourth-order valence-electron chi connectivity index (χ4n) is 4.53. The first-order valence-corrected chi connectivity index (χ1v) is 9.76. The Bertz CT molecular complexity index is 545. The molecule has 1 aromatic rings. The molecule has 3 aliphatic rings. The smallest absolute Gasteiger partial charge is 0.149 e. The average molecular weight is 346 g/mol. The second-order valence-corrected chi connectivity index (χ2v) is 7.82. The maximum absolute atomic E-state index is 6.17. The van der Waals surface area contributed by atoms with Gasteiger partial charge in [-0.15, -0.1) is 5.10 Å². The van der Waals surface area contributed by atoms with Crippen molar-refractivity contribution < 1.29 is 9.47 Å². The topological polar surface area (TPSA) is 59.5 Å². The van der Waals surface area contributed by atoms with E-state index in [0.29, 0.717) is 12.0 Å². The summed E-state index contributed by atoms with van der Waals surface area (Å²) in [6.07, 6.45) is 5.14. The number of hydrogen-bond acceptors (Lipinski definition) is 6. The summed E-state index contributed by atoms with van der Waals surface area (Å²) in [7, 11) is 0. The zero-order valence-corrected chi connectivity index (χ0v) is 15.2. The highest BCUT2D eigenvalue weighted by molar-refractivity contribution is 5.35. The van der Waals surface area contributed by atoms with Gasteiger partial charge in [-0.1, -0.05) is 0 Å². The van der Waals surface area contributed by atoms with E-state index in [1.165, 1.54) is 38.8 Å². The van der Waals surface area contributed by atoms with Gasteiger partial charge in [0.1, 0.15) is 5.82 Å². The maximum Gasteiger partial charge on any atom is 0.149 e. The second kappa shape index (κ2) is 7.98. The first kappa shape index (κ1) is 17.2. The molecule has 1 aromatic heterocycles. The summed E-state index contributed by atoms with van der Waals surface area (Å²) in [6.45, 7) is 8.08. The Kier molecular flexibility index (Phi) is 5.48. The van der Waals surface area contributed by atoms with Crippen LogP contribution in [0.1, 0.15) is 31.4 Å². The number of aryl methyl sites for hydroxylation is 1. The number of fused-ring (bicyclic) bond motifs is 1. The van der Waals surface area contributed by atoms with Crippen LogP contribution in [0.2, 0.25) is 0 Å². The number of ether oxygens (including phenoxy) is 2. The van der Waals surface area contributed by atoms with Crippen LogP contribution in [0, 0.1) is 18.8 Å². The summed E-state index contributed by atoms with van der Waals surface area (Å²) >= 11 is 0. The Balaban J connectivity index is 1.43. The summed E-state index contributed by atoms with van der Waals surface area (Å²) in [4.78, 5) is 2.64. The molecule has 0 aliphatic carbocycles. The van der Waals surface area contributed by atoms with Gasteiger partial charge >= 0.3 is 0 Å². The van der Waals surface area contributed by atoms with Crippen molar-refractivity contribution in [1.29, 1.82) is 0 Å². The molecular formula is C19H30N4O2. The molecule has 25 heavy (non-hydrogen) atoms. The average Bonchev–Trinajstić information content (AvgIpc) is 2.64. The fourth-order valence-corrected chi connectivity index (χ4v) is 4.53. The van der Waals surface area contributed by atoms with Crippen molar-refractivity contribution in [2.75, 3.05) is 44.8 Å². The molecule has 0 unspecified atom stereocenters. The third-order valence-electron chi connectivity index (χ3n) is 5.83. The van der Waals surface area contributed by atoms with Gasteiger partial charge in [0, 0.05) is 39.5 Å². The van der Waals surface area contributed by atoms with Crippen LogP contribution in [0.4, 0.5) is 5.82 Å². The monoisotopic (exact) mass is 346 g/mol. The molecular weight excluding hydrogens is 316 g/mol. The van der Waals surface area contributed by atoms with Crippen LogP contribution in [-0.4, -0.2) is 66.7 Å². The number of aromatic nitrogens is 2. The molecule has 0 amide bonds. The summed E-state index contributed by atoms with van der Waals surface area (Å²) in [5.41, 5.74) is 0.946. The molecule has 0 spiro atoms. The molecule has 4 rings (SSSR count). The zero-order chi connectivity index (χ0) is 17.1. The van der Waals surface area contributed by atoms with Crippen molar-refractivity contribution in [2.24, 2.45) is 11.8 Å². The van der Waals surface area contributed by atoms with Gasteiger partial charge < -0.3 is 19.7 Å². The van der Waals surface area contributed by atoms with E-state index in [0.717, 1.165) is 43.8 Å². The lowest BCUT2D eigenvalue weighted by Crippen LogP contribution is -2.58. The van der Waals surface area contributed by atoms with Gasteiger partial charge in [-0.05, 0) is 56.6 Å². The van der Waals surface area contributed by atoms with Gasteiger partial charge in [-0.3, -0.25) is 0 Å². The summed E-state index contributed by atoms with van der Waals surface area (Å²) in [6, 6.07) is 4.32. The van der Waals surface area contributed by atoms with Gasteiger partial charge in [0.25, 0.3) is 0 Å². The predicted octanol–water partition coefficient (Wildman–Crippen LogP) is 2.10. The molecule has 6 heteroatoms. The van der Waals surface area contributed by atoms with Gasteiger partial charge in [0.2, 0.25) is 0 Å². The van der Waals surface area contributed by atoms with Crippen LogP contribution < -0.4 is 5.32 Å². The number of nitrogens with zero attached hydrogens (tertiary/aromatic N) is 3. The number of rotatable bonds is 4. The van der Waals surface area contributed by atoms with E-state index in [1.54, 1.807) is 0 Å². The number of nitrogens with one attached hydrogen (secondary N) is 1. The molecule has 3 fully saturated rings. The molecule has 0 radical (unpaired) electrons. The predicted molar refractivity (Wildman–Crippen MR) is 96.6 cm³/mol. The van der Waals surface area contributed by atoms with Gasteiger partial charge in [-0.25, -0.2) is 0 Å². The maximum atomic E-state index is 6.17. The summed E-state index contributed by atoms with van der Waals surface area (Å²) in [5, 5.41) is 12.1. The van der Waals surface area contributed by atoms with Crippen molar-refractivity contribution in [3.63, 3.8) is 0 Å². The molecule has 1 N–H and O–H groups in total. The van der Waals surface area contributed by atoms with Crippen LogP contribution >= 0.6 is 0 Å². The Hall–Kier alpha value is -1.24. The lowest BCUT2D eigenvalue weighted by molar-refractivity contribution is -0.0774. The minimum atomic E-state index is 0.288. The largest absolute Gasteiger partial charge is 0.381 e. The van der Waals surface area contributed by atoms with Crippen LogP contribution in [0.15, 0.2) is 12.1 Å². The van der Waals surface area contributed by atoms with E-state index in [2.05, 4.69) is 20.4 Å². The third-order valence-corrected chi connectivity index (χ3v) is 5.83. The highest BCUT2D eigenvalue weighted by atomic mass is 16.5. The highest BCUT2D eigenvalue weighted by Gasteiger charge is 2.40. The van der Waals surface area contributed by atoms with Gasteiger partial charge in [0.05, 0.1) is 17.8 Å². The molecule has 3 atom stereocenters. The number of hydrogen-bond donors (Lipinski definition) is 1. The molecule has 3 aliphatic heterocycles. The quantitative estimate of drug-likeness (QED) is 0.901. The lowest BCUT2D eigenvalue weighted by atomic mass is 9.84. The number of likely N-dealkylation sites (tertiary alicyclic amines) is 1. The van der Waals surface area contributed by atoms with E-state index in [-0.39, 0.29) is 6.04 Å². The van der Waals surface area contributed by atoms with E-state index in [9.17, 15) is 0 Å². The Morgan fingerprint density at radius 2 is 2.00 bits per heavy atom. The van der Waals surface area contributed by atoms with E-state index >= 15 is 0 Å². The van der Waals surface area contributed by atoms with Crippen LogP contribution in [0.3, 0.4) is 0 Å². The van der Waals surface area contributed by atoms with Crippen molar-refractivity contribution >= 4 is 5.82 Å². The molecule has 3 saturated heterocycles. The van der Waals surface area contributed by atoms with Crippen LogP contribution in [0.25, 0.3) is 0 Å². The molecule has 0 bridgehead atoms. The van der Waals surface area contributed by atoms with E-state index in [1.807, 2.05) is 19.1 Å². The summed E-state index contributed by atoms with van der Waals surface area (Å²) < 4.78 is 11.7. The number of anilines is 1. The van der Waals surface area contributed by atoms with Crippen molar-refractivity contribution in [3.05, 3.63) is 17.8 Å². The highest BCUT2D eigenvalue weighted by Crippen LogP contribution is 2.31. The first-order valence-electron chi connectivity index (χ1n) is 9.76. The molecule has 0 saturated carbocycles. The zero-order valence-electron chi connectivity index (χ0n) is 15.2. The second-order valence-electron chi connectivity index (χ2n) is 7.82. The first-order chi connectivity index (χ1) is 12.3. The fraction of sp³-hybridized carbons (Fsp3) is 0.789. The van der Waals surface area contributed by atoms with Gasteiger partial charge in [-0.2, -0.15) is 5.10 Å². The van der Waals surface area contributed by atoms with Crippen LogP contribution in [-0.2, 0) is 9.47 Å². The molecule has 4 heterocycles. The van der Waals surface area contributed by atoms with Crippen molar-refractivity contribution in [3.8, 4) is 0 Å². The van der Waals surface area contributed by atoms with E-state index in [4.69, 9.17) is 9.47 Å². The Labute approximate surface area is 150 Å². The number of piperidine rings is 1. The summed E-state index contributed by atoms with van der Waals surface area (Å²) in [5.74, 6) is 2.25. The molecule has 138 valence electrons. The Morgan fingerprint density at radius 1 is 1.12 bits per heavy atom. The van der Waals surface area contributed by atoms with E-state index < -0.39 is 0 Å². The lowest BCUT2D eigenvalue weighted by Gasteiger charge is -2.47. The normalized spacial score (nSPS) is 31.5. The molecule has 6 nitrogen and oxygen atoms in total. The van der Waals surface area contributed by atoms with Crippen LogP contribution in [0.5, 0.6) is 0 Å². The van der Waals surface area contributed by atoms with Crippen molar-refractivity contribution in [1.82, 2.24) is 15.1 Å². The Morgan fingerprint density at radius 3 is 2.80 bits per heavy atom. The standard InChI is InChI=1S/C19H30N4O2/c1-14-4-5-18(22-21-14)20-17-13-23(11-15-6-9-24-10-7-15)12-16-3-2-8-25-19(16)17/h4-5,15-17,19H,2-3,6-13H2,1H3,(H,20,22)/t16-,17+,19-/m0/s1. The SMILES string of the molecule is Cc1ccc(N[C@@H]2CN(CC3CCOCC3)C[C@@H]3CCCO[C@@H]32)nn1.